The van der Waals surface area contributed by atoms with E-state index >= 15 is 0 Å². The summed E-state index contributed by atoms with van der Waals surface area (Å²) in [4.78, 5) is 7.66. The highest BCUT2D eigenvalue weighted by molar-refractivity contribution is 5.27. The van der Waals surface area contributed by atoms with E-state index in [1.54, 1.807) is 4.68 Å². The van der Waals surface area contributed by atoms with Crippen LogP contribution in [0.5, 0.6) is 0 Å². The summed E-state index contributed by atoms with van der Waals surface area (Å²) in [6, 6.07) is 6.59. The van der Waals surface area contributed by atoms with Gasteiger partial charge in [0.1, 0.15) is 66.8 Å². The number of halogens is 4. The highest BCUT2D eigenvalue weighted by Gasteiger charge is 2.46. The van der Waals surface area contributed by atoms with Gasteiger partial charge in [0, 0.05) is 35.8 Å². The predicted octanol–water partition coefficient (Wildman–Crippen LogP) is 2.30. The van der Waals surface area contributed by atoms with E-state index in [2.05, 4.69) is 20.2 Å². The van der Waals surface area contributed by atoms with Gasteiger partial charge >= 0.3 is 0 Å². The summed E-state index contributed by atoms with van der Waals surface area (Å²) in [5.74, 6) is -4.33. The Morgan fingerprint density at radius 1 is 0.786 bits per heavy atom. The van der Waals surface area contributed by atoms with Crippen molar-refractivity contribution in [2.45, 2.75) is 37.0 Å². The topological polar surface area (TPSA) is 130 Å². The van der Waals surface area contributed by atoms with Crippen molar-refractivity contribution >= 4 is 0 Å². The van der Waals surface area contributed by atoms with Gasteiger partial charge in [0.25, 0.3) is 0 Å². The van der Waals surface area contributed by atoms with Crippen LogP contribution in [0.4, 0.5) is 17.6 Å². The molecule has 0 saturated carbocycles. The molecule has 11 nitrogen and oxygen atoms in total. The van der Waals surface area contributed by atoms with Gasteiger partial charge in [-0.2, -0.15) is 10.2 Å². The van der Waals surface area contributed by atoms with Gasteiger partial charge < -0.3 is 24.4 Å². The Bertz CT molecular complexity index is 1350. The minimum Gasteiger partial charge on any atom is -0.396 e. The zero-order valence-electron chi connectivity index (χ0n) is 22.2. The number of ether oxygens (including phenoxy) is 3. The first kappa shape index (κ1) is 29.7. The third kappa shape index (κ3) is 6.34. The fourth-order valence-electron chi connectivity index (χ4n) is 5.09. The van der Waals surface area contributed by atoms with Gasteiger partial charge in [0.15, 0.2) is 0 Å². The Balaban J connectivity index is 0.000000168. The molecular weight excluding hydrogens is 564 g/mol. The fourth-order valence-corrected chi connectivity index (χ4v) is 5.09. The number of aliphatic hydroxyl groups excluding tert-OH is 2. The van der Waals surface area contributed by atoms with Gasteiger partial charge in [-0.3, -0.25) is 0 Å². The molecule has 4 atom stereocenters. The maximum absolute atomic E-state index is 14.2. The SMILES string of the molecule is OCC1COC(Cn2cncn2)(c2ccc(F)cc2F)C1.OCC1COC(Cn2cncn2)(c2ccc(F)cc2F)O1. The third-order valence-corrected chi connectivity index (χ3v) is 7.02. The second-order valence-electron chi connectivity index (χ2n) is 9.98. The fraction of sp³-hybridized carbons (Fsp3) is 0.407. The molecule has 4 unspecified atom stereocenters. The summed E-state index contributed by atoms with van der Waals surface area (Å²) in [7, 11) is 0. The van der Waals surface area contributed by atoms with Gasteiger partial charge in [-0.05, 0) is 24.6 Å². The first-order chi connectivity index (χ1) is 20.3. The molecule has 4 heterocycles. The Kier molecular flexibility index (Phi) is 8.93. The first-order valence-electron chi connectivity index (χ1n) is 13.0. The van der Waals surface area contributed by atoms with Crippen LogP contribution < -0.4 is 0 Å². The Hall–Kier alpha value is -3.76. The molecule has 2 saturated heterocycles. The average molecular weight is 593 g/mol. The lowest BCUT2D eigenvalue weighted by Gasteiger charge is -2.29. The first-order valence-corrected chi connectivity index (χ1v) is 13.0. The van der Waals surface area contributed by atoms with Crippen LogP contribution in [0.25, 0.3) is 0 Å². The van der Waals surface area contributed by atoms with Crippen molar-refractivity contribution in [2.24, 2.45) is 5.92 Å². The summed E-state index contributed by atoms with van der Waals surface area (Å²) in [5, 5.41) is 26.5. The molecule has 224 valence electrons. The van der Waals surface area contributed by atoms with E-state index in [4.69, 9.17) is 14.2 Å². The average Bonchev–Trinajstić information content (AvgIpc) is 3.78. The van der Waals surface area contributed by atoms with Crippen LogP contribution >= 0.6 is 0 Å². The summed E-state index contributed by atoms with van der Waals surface area (Å²) in [6.07, 6.45) is 5.51. The van der Waals surface area contributed by atoms with E-state index < -0.39 is 40.8 Å². The van der Waals surface area contributed by atoms with E-state index in [9.17, 15) is 27.8 Å². The Morgan fingerprint density at radius 2 is 1.40 bits per heavy atom. The number of benzene rings is 2. The maximum atomic E-state index is 14.2. The molecule has 0 radical (unpaired) electrons. The minimum atomic E-state index is -1.47. The number of hydrogen-bond donors (Lipinski definition) is 2. The third-order valence-electron chi connectivity index (χ3n) is 7.02. The molecule has 2 aromatic heterocycles. The van der Waals surface area contributed by atoms with E-state index in [-0.39, 0.29) is 50.0 Å². The van der Waals surface area contributed by atoms with Gasteiger partial charge in [-0.1, -0.05) is 6.07 Å². The summed E-state index contributed by atoms with van der Waals surface area (Å²) < 4.78 is 74.5. The number of nitrogens with zero attached hydrogens (tertiary/aromatic N) is 6. The van der Waals surface area contributed by atoms with E-state index in [0.717, 1.165) is 18.2 Å². The van der Waals surface area contributed by atoms with E-state index in [1.807, 2.05) is 0 Å². The molecule has 4 aromatic rings. The molecule has 2 fully saturated rings. The molecule has 2 aromatic carbocycles. The maximum Gasteiger partial charge on any atom is 0.218 e. The molecule has 0 bridgehead atoms. The summed E-state index contributed by atoms with van der Waals surface area (Å²) in [5.41, 5.74) is -0.649. The molecule has 6 rings (SSSR count). The van der Waals surface area contributed by atoms with Crippen molar-refractivity contribution in [2.75, 3.05) is 26.4 Å². The van der Waals surface area contributed by atoms with Crippen molar-refractivity contribution in [1.82, 2.24) is 29.5 Å². The van der Waals surface area contributed by atoms with E-state index in [1.165, 1.54) is 48.2 Å². The smallest absolute Gasteiger partial charge is 0.218 e. The zero-order chi connectivity index (χ0) is 29.7. The Labute approximate surface area is 237 Å². The monoisotopic (exact) mass is 592 g/mol. The number of aromatic nitrogens is 6. The molecule has 2 aliphatic heterocycles. The predicted molar refractivity (Wildman–Crippen MR) is 135 cm³/mol. The largest absolute Gasteiger partial charge is 0.396 e. The minimum absolute atomic E-state index is 0.0338. The van der Waals surface area contributed by atoms with Crippen molar-refractivity contribution < 1.29 is 42.0 Å². The zero-order valence-corrected chi connectivity index (χ0v) is 22.2. The quantitative estimate of drug-likeness (QED) is 0.296. The molecule has 0 amide bonds. The standard InChI is InChI=1S/C14H15F2N3O2.C13H13F2N3O3/c15-11-1-2-12(13(16)3-11)14(4-10(5-20)6-21-14)7-19-9-17-8-18-19;14-9-1-2-11(12(15)3-9)13(6-18-8-16-7-17-18)20-5-10(4-19)21-13/h1-3,8-10,20H,4-7H2;1-3,7-8,10,19H,4-6H2. The van der Waals surface area contributed by atoms with Crippen LogP contribution in [0.2, 0.25) is 0 Å². The van der Waals surface area contributed by atoms with Crippen LogP contribution in [-0.2, 0) is 38.7 Å². The molecule has 2 N–H and O–H groups in total. The molecule has 15 heteroatoms. The van der Waals surface area contributed by atoms with Crippen LogP contribution in [0.15, 0.2) is 61.7 Å². The van der Waals surface area contributed by atoms with Crippen molar-refractivity contribution in [3.63, 3.8) is 0 Å². The van der Waals surface area contributed by atoms with Crippen LogP contribution in [0, 0.1) is 29.2 Å². The highest BCUT2D eigenvalue weighted by atomic mass is 19.1. The van der Waals surface area contributed by atoms with Gasteiger partial charge in [-0.15, -0.1) is 0 Å². The normalized spacial score (nSPS) is 25.4. The van der Waals surface area contributed by atoms with Gasteiger partial charge in [-0.25, -0.2) is 36.9 Å². The summed E-state index contributed by atoms with van der Waals surface area (Å²) in [6.45, 7) is 0.409. The lowest BCUT2D eigenvalue weighted by atomic mass is 9.87. The van der Waals surface area contributed by atoms with Crippen LogP contribution in [0.3, 0.4) is 0 Å². The molecule has 2 aliphatic rings. The molecule has 0 aliphatic carbocycles. The van der Waals surface area contributed by atoms with E-state index in [0.29, 0.717) is 13.0 Å². The lowest BCUT2D eigenvalue weighted by molar-refractivity contribution is -0.193. The van der Waals surface area contributed by atoms with Crippen LogP contribution in [0.1, 0.15) is 17.5 Å². The van der Waals surface area contributed by atoms with Gasteiger partial charge in [0.2, 0.25) is 5.79 Å². The van der Waals surface area contributed by atoms with Gasteiger partial charge in [0.05, 0.1) is 26.4 Å². The number of aliphatic hydroxyl groups is 2. The van der Waals surface area contributed by atoms with Crippen molar-refractivity contribution in [1.29, 1.82) is 0 Å². The number of rotatable bonds is 8. The van der Waals surface area contributed by atoms with Crippen LogP contribution in [-0.4, -0.2) is 72.3 Å². The second-order valence-corrected chi connectivity index (χ2v) is 9.98. The second kappa shape index (κ2) is 12.6. The highest BCUT2D eigenvalue weighted by Crippen LogP contribution is 2.41. The summed E-state index contributed by atoms with van der Waals surface area (Å²) >= 11 is 0. The lowest BCUT2D eigenvalue weighted by Crippen LogP contribution is -2.35. The van der Waals surface area contributed by atoms with Crippen molar-refractivity contribution in [3.8, 4) is 0 Å². The Morgan fingerprint density at radius 3 is 1.90 bits per heavy atom. The number of hydrogen-bond acceptors (Lipinski definition) is 9. The molecule has 0 spiro atoms. The van der Waals surface area contributed by atoms with Crippen molar-refractivity contribution in [3.05, 3.63) is 96.1 Å². The molecule has 42 heavy (non-hydrogen) atoms. The molecular formula is C27H28F4N6O5.